The Hall–Kier alpha value is -3.49. The van der Waals surface area contributed by atoms with E-state index in [9.17, 15) is 20.1 Å². The van der Waals surface area contributed by atoms with Crippen LogP contribution in [0.4, 0.5) is 0 Å². The summed E-state index contributed by atoms with van der Waals surface area (Å²) in [6.07, 6.45) is 7.13. The topological polar surface area (TPSA) is 119 Å². The van der Waals surface area contributed by atoms with E-state index >= 15 is 0 Å². The summed E-state index contributed by atoms with van der Waals surface area (Å²) in [5.74, 6) is 0.826. The Morgan fingerprint density at radius 1 is 0.806 bits per heavy atom. The zero-order valence-corrected chi connectivity index (χ0v) is 21.8. The lowest BCUT2D eigenvalue weighted by Gasteiger charge is -2.17. The Morgan fingerprint density at radius 3 is 1.81 bits per heavy atom. The second-order valence-corrected chi connectivity index (χ2v) is 9.69. The van der Waals surface area contributed by atoms with Crippen molar-refractivity contribution in [1.29, 1.82) is 0 Å². The predicted molar refractivity (Wildman–Crippen MR) is 140 cm³/mol. The number of phenols is 1. The van der Waals surface area contributed by atoms with Gasteiger partial charge in [-0.15, -0.1) is 0 Å². The first-order chi connectivity index (χ1) is 16.8. The van der Waals surface area contributed by atoms with E-state index in [1.165, 1.54) is 21.3 Å². The number of hydrogen-bond acceptors (Lipinski definition) is 8. The predicted octanol–water partition coefficient (Wildman–Crippen LogP) is 4.42. The fourth-order valence-electron chi connectivity index (χ4n) is 4.08. The normalized spacial score (nSPS) is 12.8. The number of phenolic OH excluding ortho intramolecular Hbond substituents is 1. The van der Waals surface area contributed by atoms with Crippen molar-refractivity contribution < 1.29 is 33.9 Å². The highest BCUT2D eigenvalue weighted by Crippen LogP contribution is 2.41. The number of ether oxygens (including phenoxy) is 3. The van der Waals surface area contributed by atoms with E-state index in [0.29, 0.717) is 28.4 Å². The highest BCUT2D eigenvalue weighted by Gasteiger charge is 2.24. The molecule has 194 valence electrons. The van der Waals surface area contributed by atoms with Crippen LogP contribution in [0.5, 0.6) is 23.0 Å². The summed E-state index contributed by atoms with van der Waals surface area (Å²) in [4.78, 5) is 13.9. The lowest BCUT2D eigenvalue weighted by atomic mass is 9.98. The van der Waals surface area contributed by atoms with E-state index < -0.39 is 16.6 Å². The molecule has 0 radical (unpaired) electrons. The van der Waals surface area contributed by atoms with Gasteiger partial charge in [0, 0.05) is 23.3 Å². The zero-order valence-electron chi connectivity index (χ0n) is 21.8. The molecule has 0 atom stereocenters. The van der Waals surface area contributed by atoms with Crippen LogP contribution >= 0.6 is 0 Å². The average Bonchev–Trinajstić information content (AvgIpc) is 2.77. The molecule has 0 spiro atoms. The third kappa shape index (κ3) is 5.66. The van der Waals surface area contributed by atoms with Crippen molar-refractivity contribution in [2.75, 3.05) is 21.3 Å². The van der Waals surface area contributed by atoms with E-state index in [4.69, 9.17) is 18.6 Å². The molecule has 1 aromatic heterocycles. The molecule has 0 aliphatic carbocycles. The maximum absolute atomic E-state index is 13.9. The van der Waals surface area contributed by atoms with Crippen LogP contribution in [0.1, 0.15) is 38.8 Å². The standard InChI is InChI=1S/C28H34O8/c1-27(2,31)12-8-10-16-18(33-5)14-20-23(24(16)29)25(30)22-17(11-9-13-28(3,4)32)26(35-7)21(34-6)15-19(22)36-20/h8-9,12-15,29,31-32H,10-11H2,1-7H3. The third-order valence-corrected chi connectivity index (χ3v) is 5.65. The first-order valence-electron chi connectivity index (χ1n) is 11.5. The van der Waals surface area contributed by atoms with Gasteiger partial charge in [-0.05, 0) is 40.5 Å². The minimum absolute atomic E-state index is 0.00916. The summed E-state index contributed by atoms with van der Waals surface area (Å²) in [6, 6.07) is 3.13. The van der Waals surface area contributed by atoms with Crippen LogP contribution in [0.25, 0.3) is 21.9 Å². The molecule has 8 nitrogen and oxygen atoms in total. The molecular formula is C28H34O8. The van der Waals surface area contributed by atoms with Crippen molar-refractivity contribution in [3.63, 3.8) is 0 Å². The number of methoxy groups -OCH3 is 3. The Kier molecular flexibility index (Phi) is 7.71. The summed E-state index contributed by atoms with van der Waals surface area (Å²) < 4.78 is 22.6. The molecule has 0 saturated heterocycles. The van der Waals surface area contributed by atoms with Crippen molar-refractivity contribution in [2.24, 2.45) is 0 Å². The second kappa shape index (κ2) is 10.2. The number of aromatic hydroxyl groups is 1. The van der Waals surface area contributed by atoms with Crippen LogP contribution in [-0.4, -0.2) is 47.9 Å². The molecule has 0 amide bonds. The lowest BCUT2D eigenvalue weighted by Crippen LogP contribution is -2.14. The molecule has 1 heterocycles. The van der Waals surface area contributed by atoms with E-state index in [0.717, 1.165) is 0 Å². The Morgan fingerprint density at radius 2 is 1.31 bits per heavy atom. The monoisotopic (exact) mass is 498 g/mol. The summed E-state index contributed by atoms with van der Waals surface area (Å²) in [7, 11) is 4.43. The van der Waals surface area contributed by atoms with Gasteiger partial charge in [0.15, 0.2) is 11.5 Å². The van der Waals surface area contributed by atoms with Gasteiger partial charge in [0.2, 0.25) is 5.43 Å². The van der Waals surface area contributed by atoms with Crippen LogP contribution in [0.15, 0.2) is 45.6 Å². The van der Waals surface area contributed by atoms with Crippen molar-refractivity contribution in [3.8, 4) is 23.0 Å². The molecular weight excluding hydrogens is 464 g/mol. The molecule has 0 bridgehead atoms. The molecule has 3 rings (SSSR count). The average molecular weight is 499 g/mol. The van der Waals surface area contributed by atoms with E-state index in [1.54, 1.807) is 64.1 Å². The Bertz CT molecular complexity index is 1380. The van der Waals surface area contributed by atoms with E-state index in [2.05, 4.69) is 0 Å². The fourth-order valence-corrected chi connectivity index (χ4v) is 4.08. The third-order valence-electron chi connectivity index (χ3n) is 5.65. The summed E-state index contributed by atoms with van der Waals surface area (Å²) in [5.41, 5.74) is -1.21. The van der Waals surface area contributed by atoms with Crippen molar-refractivity contribution in [2.45, 2.75) is 51.7 Å². The first-order valence-corrected chi connectivity index (χ1v) is 11.5. The number of allylic oxidation sites excluding steroid dienone is 2. The molecule has 0 aliphatic rings. The summed E-state index contributed by atoms with van der Waals surface area (Å²) in [6.45, 7) is 6.56. The molecule has 8 heteroatoms. The Balaban J connectivity index is 2.37. The lowest BCUT2D eigenvalue weighted by molar-refractivity contribution is 0.132. The molecule has 36 heavy (non-hydrogen) atoms. The van der Waals surface area contributed by atoms with Crippen LogP contribution in [0.2, 0.25) is 0 Å². The maximum atomic E-state index is 13.9. The van der Waals surface area contributed by atoms with Crippen LogP contribution in [0.3, 0.4) is 0 Å². The number of aliphatic hydroxyl groups is 2. The maximum Gasteiger partial charge on any atom is 0.204 e. The molecule has 0 saturated carbocycles. The number of rotatable bonds is 9. The van der Waals surface area contributed by atoms with Crippen molar-refractivity contribution >= 4 is 21.9 Å². The zero-order chi connectivity index (χ0) is 26.8. The number of hydrogen-bond donors (Lipinski definition) is 3. The van der Waals surface area contributed by atoms with Crippen LogP contribution in [-0.2, 0) is 12.8 Å². The van der Waals surface area contributed by atoms with Gasteiger partial charge in [0.1, 0.15) is 28.1 Å². The van der Waals surface area contributed by atoms with Crippen molar-refractivity contribution in [1.82, 2.24) is 0 Å². The van der Waals surface area contributed by atoms with E-state index in [1.807, 2.05) is 0 Å². The van der Waals surface area contributed by atoms with Gasteiger partial charge in [-0.2, -0.15) is 0 Å². The summed E-state index contributed by atoms with van der Waals surface area (Å²) in [5, 5.41) is 31.5. The molecule has 0 unspecified atom stereocenters. The number of fused-ring (bicyclic) bond motifs is 2. The molecule has 3 aromatic rings. The van der Waals surface area contributed by atoms with Gasteiger partial charge in [0.25, 0.3) is 0 Å². The van der Waals surface area contributed by atoms with Gasteiger partial charge in [-0.3, -0.25) is 4.79 Å². The smallest absolute Gasteiger partial charge is 0.204 e. The quantitative estimate of drug-likeness (QED) is 0.293. The molecule has 3 N–H and O–H groups in total. The Labute approximate surface area is 210 Å². The van der Waals surface area contributed by atoms with Gasteiger partial charge >= 0.3 is 0 Å². The van der Waals surface area contributed by atoms with Gasteiger partial charge in [-0.1, -0.05) is 24.3 Å². The van der Waals surface area contributed by atoms with Gasteiger partial charge < -0.3 is 33.9 Å². The minimum atomic E-state index is -1.04. The highest BCUT2D eigenvalue weighted by molar-refractivity contribution is 5.97. The fraction of sp³-hybridized carbons (Fsp3) is 0.393. The number of benzene rings is 2. The van der Waals surface area contributed by atoms with E-state index in [-0.39, 0.29) is 40.5 Å². The summed E-state index contributed by atoms with van der Waals surface area (Å²) >= 11 is 0. The van der Waals surface area contributed by atoms with Gasteiger partial charge in [0.05, 0.1) is 37.9 Å². The minimum Gasteiger partial charge on any atom is -0.507 e. The first kappa shape index (κ1) is 27.1. The molecule has 2 aromatic carbocycles. The second-order valence-electron chi connectivity index (χ2n) is 9.69. The van der Waals surface area contributed by atoms with Crippen LogP contribution in [0, 0.1) is 0 Å². The largest absolute Gasteiger partial charge is 0.507 e. The van der Waals surface area contributed by atoms with Crippen molar-refractivity contribution in [3.05, 3.63) is 57.8 Å². The SMILES string of the molecule is COc1cc2oc3cc(OC)c(OC)c(CC=CC(C)(C)O)c3c(=O)c2c(O)c1CC=CC(C)(C)O. The van der Waals surface area contributed by atoms with Gasteiger partial charge in [-0.25, -0.2) is 0 Å². The van der Waals surface area contributed by atoms with Crippen LogP contribution < -0.4 is 19.6 Å². The molecule has 0 fully saturated rings. The molecule has 0 aliphatic heterocycles. The highest BCUT2D eigenvalue weighted by atomic mass is 16.5.